The van der Waals surface area contributed by atoms with Gasteiger partial charge in [0.2, 0.25) is 0 Å². The molecule has 2 aromatic rings. The Morgan fingerprint density at radius 3 is 2.24 bits per heavy atom. The van der Waals surface area contributed by atoms with Crippen LogP contribution in [-0.2, 0) is 5.41 Å². The second-order valence-corrected chi connectivity index (χ2v) is 6.02. The van der Waals surface area contributed by atoms with Gasteiger partial charge in [-0.3, -0.25) is 4.79 Å². The first-order chi connectivity index (χ1) is 9.88. The quantitative estimate of drug-likeness (QED) is 0.901. The monoisotopic (exact) mass is 305 g/mol. The summed E-state index contributed by atoms with van der Waals surface area (Å²) in [4.78, 5) is 12.0. The lowest BCUT2D eigenvalue weighted by atomic mass is 9.84. The molecule has 0 saturated heterocycles. The topological polar surface area (TPSA) is 29.1 Å². The van der Waals surface area contributed by atoms with Gasteiger partial charge in [-0.05, 0) is 42.0 Å². The van der Waals surface area contributed by atoms with E-state index in [-0.39, 0.29) is 17.1 Å². The van der Waals surface area contributed by atoms with E-state index in [9.17, 15) is 9.18 Å². The SMILES string of the molecule is CC(C)(CNC(=O)c1ccc(F)cc1)c1ccc(Cl)cc1. The first kappa shape index (κ1) is 15.5. The second kappa shape index (κ2) is 6.27. The second-order valence-electron chi connectivity index (χ2n) is 5.58. The maximum absolute atomic E-state index is 12.8. The minimum atomic E-state index is -0.354. The van der Waals surface area contributed by atoms with Crippen LogP contribution in [0, 0.1) is 5.82 Å². The van der Waals surface area contributed by atoms with Gasteiger partial charge in [0.05, 0.1) is 0 Å². The van der Waals surface area contributed by atoms with Crippen molar-refractivity contribution in [3.05, 3.63) is 70.5 Å². The molecule has 2 rings (SSSR count). The fourth-order valence-corrected chi connectivity index (χ4v) is 2.13. The number of rotatable bonds is 4. The molecule has 0 radical (unpaired) electrons. The van der Waals surface area contributed by atoms with Crippen molar-refractivity contribution in [2.45, 2.75) is 19.3 Å². The molecule has 4 heteroatoms. The molecule has 0 fully saturated rings. The predicted octanol–water partition coefficient (Wildman–Crippen LogP) is 4.19. The highest BCUT2D eigenvalue weighted by atomic mass is 35.5. The number of carbonyl (C=O) groups is 1. The molecule has 110 valence electrons. The van der Waals surface area contributed by atoms with Gasteiger partial charge >= 0.3 is 0 Å². The summed E-state index contributed by atoms with van der Waals surface area (Å²) < 4.78 is 12.8. The maximum Gasteiger partial charge on any atom is 0.251 e. The highest BCUT2D eigenvalue weighted by Gasteiger charge is 2.21. The van der Waals surface area contributed by atoms with Crippen LogP contribution in [0.15, 0.2) is 48.5 Å². The van der Waals surface area contributed by atoms with Gasteiger partial charge < -0.3 is 5.32 Å². The lowest BCUT2D eigenvalue weighted by Crippen LogP contribution is -2.36. The van der Waals surface area contributed by atoms with Gasteiger partial charge in [0.25, 0.3) is 5.91 Å². The van der Waals surface area contributed by atoms with E-state index in [2.05, 4.69) is 5.32 Å². The van der Waals surface area contributed by atoms with Crippen LogP contribution in [-0.4, -0.2) is 12.5 Å². The van der Waals surface area contributed by atoms with Gasteiger partial charge in [-0.25, -0.2) is 4.39 Å². The molecule has 0 aliphatic rings. The first-order valence-corrected chi connectivity index (χ1v) is 7.06. The third kappa shape index (κ3) is 4.05. The number of carbonyl (C=O) groups excluding carboxylic acids is 1. The van der Waals surface area contributed by atoms with Crippen molar-refractivity contribution in [2.75, 3.05) is 6.54 Å². The van der Waals surface area contributed by atoms with Crippen molar-refractivity contribution in [3.63, 3.8) is 0 Å². The molecule has 0 aliphatic carbocycles. The summed E-state index contributed by atoms with van der Waals surface area (Å²) >= 11 is 5.88. The number of halogens is 2. The van der Waals surface area contributed by atoms with Gasteiger partial charge in [0, 0.05) is 22.5 Å². The number of amides is 1. The van der Waals surface area contributed by atoms with Gasteiger partial charge in [-0.15, -0.1) is 0 Å². The zero-order chi connectivity index (χ0) is 15.5. The third-order valence-electron chi connectivity index (χ3n) is 3.42. The van der Waals surface area contributed by atoms with Crippen LogP contribution in [0.1, 0.15) is 29.8 Å². The van der Waals surface area contributed by atoms with Crippen LogP contribution in [0.2, 0.25) is 5.02 Å². The van der Waals surface area contributed by atoms with E-state index >= 15 is 0 Å². The van der Waals surface area contributed by atoms with E-state index in [0.29, 0.717) is 17.1 Å². The molecule has 1 N–H and O–H groups in total. The smallest absolute Gasteiger partial charge is 0.251 e. The van der Waals surface area contributed by atoms with Gasteiger partial charge in [-0.1, -0.05) is 37.6 Å². The molecule has 2 aromatic carbocycles. The predicted molar refractivity (Wildman–Crippen MR) is 83.2 cm³/mol. The Morgan fingerprint density at radius 1 is 1.10 bits per heavy atom. The summed E-state index contributed by atoms with van der Waals surface area (Å²) in [5.41, 5.74) is 1.31. The van der Waals surface area contributed by atoms with Crippen molar-refractivity contribution in [2.24, 2.45) is 0 Å². The van der Waals surface area contributed by atoms with Gasteiger partial charge in [-0.2, -0.15) is 0 Å². The van der Waals surface area contributed by atoms with E-state index in [4.69, 9.17) is 11.6 Å². The number of hydrogen-bond acceptors (Lipinski definition) is 1. The molecule has 0 unspecified atom stereocenters. The average Bonchev–Trinajstić information content (AvgIpc) is 2.46. The lowest BCUT2D eigenvalue weighted by Gasteiger charge is -2.25. The summed E-state index contributed by atoms with van der Waals surface area (Å²) in [6.45, 7) is 4.56. The zero-order valence-electron chi connectivity index (χ0n) is 12.0. The molecule has 21 heavy (non-hydrogen) atoms. The molecular weight excluding hydrogens is 289 g/mol. The highest BCUT2D eigenvalue weighted by molar-refractivity contribution is 6.30. The molecular formula is C17H17ClFNO. The number of hydrogen-bond donors (Lipinski definition) is 1. The molecule has 0 bridgehead atoms. The Hall–Kier alpha value is -1.87. The summed E-state index contributed by atoms with van der Waals surface area (Å²) in [7, 11) is 0. The van der Waals surface area contributed by atoms with E-state index < -0.39 is 0 Å². The van der Waals surface area contributed by atoms with Crippen LogP contribution in [0.25, 0.3) is 0 Å². The van der Waals surface area contributed by atoms with Crippen LogP contribution in [0.4, 0.5) is 4.39 Å². The molecule has 0 heterocycles. The minimum absolute atomic E-state index is 0.211. The Balaban J connectivity index is 2.02. The number of benzene rings is 2. The molecule has 0 spiro atoms. The Bertz CT molecular complexity index is 620. The van der Waals surface area contributed by atoms with Crippen molar-refractivity contribution in [3.8, 4) is 0 Å². The Morgan fingerprint density at radius 2 is 1.67 bits per heavy atom. The maximum atomic E-state index is 12.8. The molecule has 2 nitrogen and oxygen atoms in total. The van der Waals surface area contributed by atoms with Gasteiger partial charge in [0.1, 0.15) is 5.82 Å². The standard InChI is InChI=1S/C17H17ClFNO/c1-17(2,13-5-7-14(18)8-6-13)11-20-16(21)12-3-9-15(19)10-4-12/h3-10H,11H2,1-2H3,(H,20,21). The normalized spacial score (nSPS) is 11.2. The molecule has 0 aromatic heterocycles. The lowest BCUT2D eigenvalue weighted by molar-refractivity contribution is 0.0945. The summed E-state index contributed by atoms with van der Waals surface area (Å²) in [6, 6.07) is 13.1. The highest BCUT2D eigenvalue weighted by Crippen LogP contribution is 2.24. The molecule has 1 amide bonds. The molecule has 0 aliphatic heterocycles. The largest absolute Gasteiger partial charge is 0.351 e. The molecule has 0 atom stereocenters. The zero-order valence-corrected chi connectivity index (χ0v) is 12.7. The number of nitrogens with one attached hydrogen (secondary N) is 1. The summed E-state index contributed by atoms with van der Waals surface area (Å²) in [5.74, 6) is -0.565. The van der Waals surface area contributed by atoms with Gasteiger partial charge in [0.15, 0.2) is 0 Å². The van der Waals surface area contributed by atoms with Crippen LogP contribution < -0.4 is 5.32 Å². The van der Waals surface area contributed by atoms with E-state index in [0.717, 1.165) is 5.56 Å². The molecule has 0 saturated carbocycles. The summed E-state index contributed by atoms with van der Waals surface area (Å²) in [5, 5.41) is 3.56. The summed E-state index contributed by atoms with van der Waals surface area (Å²) in [6.07, 6.45) is 0. The van der Waals surface area contributed by atoms with Crippen LogP contribution in [0.5, 0.6) is 0 Å². The van der Waals surface area contributed by atoms with Crippen LogP contribution >= 0.6 is 11.6 Å². The van der Waals surface area contributed by atoms with E-state index in [1.165, 1.54) is 24.3 Å². The van der Waals surface area contributed by atoms with Crippen molar-refractivity contribution < 1.29 is 9.18 Å². The Labute approximate surface area is 128 Å². The van der Waals surface area contributed by atoms with E-state index in [1.54, 1.807) is 0 Å². The fourth-order valence-electron chi connectivity index (χ4n) is 2.01. The first-order valence-electron chi connectivity index (χ1n) is 6.68. The van der Waals surface area contributed by atoms with Crippen LogP contribution in [0.3, 0.4) is 0 Å². The van der Waals surface area contributed by atoms with E-state index in [1.807, 2.05) is 38.1 Å². The average molecular weight is 306 g/mol. The third-order valence-corrected chi connectivity index (χ3v) is 3.67. The minimum Gasteiger partial charge on any atom is -0.351 e. The van der Waals surface area contributed by atoms with Crippen molar-refractivity contribution in [1.82, 2.24) is 5.32 Å². The fraction of sp³-hybridized carbons (Fsp3) is 0.235. The van der Waals surface area contributed by atoms with Crippen molar-refractivity contribution >= 4 is 17.5 Å². The van der Waals surface area contributed by atoms with Crippen molar-refractivity contribution in [1.29, 1.82) is 0 Å². The Kier molecular flexibility index (Phi) is 4.63.